The van der Waals surface area contributed by atoms with E-state index in [1.165, 1.54) is 4.31 Å². The van der Waals surface area contributed by atoms with Crippen LogP contribution in [0, 0.1) is 0 Å². The minimum Gasteiger partial charge on any atom is -0.308 e. The number of likely N-dealkylation sites (N-methyl/N-ethyl adjacent to an activating group) is 2. The summed E-state index contributed by atoms with van der Waals surface area (Å²) in [6.45, 7) is 1.12. The molecule has 0 radical (unpaired) electrons. The standard InChI is InChI=1S/C12H18BrClN2O2S/c1-15(2)6-7-16(3)19(17,18)12-5-4-10(9-14)8-11(12)13/h4-5,8H,6-7,9H2,1-3H3. The Hall–Kier alpha value is -0.140. The van der Waals surface area contributed by atoms with Crippen molar-refractivity contribution in [2.24, 2.45) is 0 Å². The molecule has 0 saturated heterocycles. The maximum atomic E-state index is 12.4. The Bertz CT molecular complexity index is 535. The zero-order valence-corrected chi connectivity index (χ0v) is 14.4. The predicted molar refractivity (Wildman–Crippen MR) is 82.1 cm³/mol. The minimum atomic E-state index is -3.47. The van der Waals surface area contributed by atoms with E-state index in [4.69, 9.17) is 11.6 Å². The molecular formula is C12H18BrClN2O2S. The van der Waals surface area contributed by atoms with Gasteiger partial charge in [-0.05, 0) is 47.7 Å². The number of alkyl halides is 1. The molecule has 0 bridgehead atoms. The summed E-state index contributed by atoms with van der Waals surface area (Å²) in [5, 5.41) is 0. The smallest absolute Gasteiger partial charge is 0.243 e. The molecule has 1 rings (SSSR count). The van der Waals surface area contributed by atoms with E-state index in [1.807, 2.05) is 19.0 Å². The van der Waals surface area contributed by atoms with Crippen LogP contribution in [0.5, 0.6) is 0 Å². The van der Waals surface area contributed by atoms with Gasteiger partial charge in [-0.1, -0.05) is 6.07 Å². The Morgan fingerprint density at radius 1 is 1.21 bits per heavy atom. The number of hydrogen-bond donors (Lipinski definition) is 0. The average Bonchev–Trinajstić information content (AvgIpc) is 2.35. The SMILES string of the molecule is CN(C)CCN(C)S(=O)(=O)c1ccc(CCl)cc1Br. The van der Waals surface area contributed by atoms with Crippen LogP contribution in [-0.4, -0.2) is 51.9 Å². The van der Waals surface area contributed by atoms with E-state index in [0.717, 1.165) is 5.56 Å². The van der Waals surface area contributed by atoms with E-state index in [2.05, 4.69) is 15.9 Å². The summed E-state index contributed by atoms with van der Waals surface area (Å²) in [6, 6.07) is 5.05. The maximum absolute atomic E-state index is 12.4. The highest BCUT2D eigenvalue weighted by Crippen LogP contribution is 2.26. The molecule has 0 spiro atoms. The van der Waals surface area contributed by atoms with Crippen molar-refractivity contribution in [3.63, 3.8) is 0 Å². The molecule has 0 saturated carbocycles. The number of halogens is 2. The van der Waals surface area contributed by atoms with Crippen molar-refractivity contribution >= 4 is 37.6 Å². The van der Waals surface area contributed by atoms with Crippen LogP contribution in [0.1, 0.15) is 5.56 Å². The van der Waals surface area contributed by atoms with Gasteiger partial charge in [0, 0.05) is 30.5 Å². The van der Waals surface area contributed by atoms with Gasteiger partial charge in [-0.25, -0.2) is 8.42 Å². The first-order valence-electron chi connectivity index (χ1n) is 5.74. The molecule has 7 heteroatoms. The van der Waals surface area contributed by atoms with Crippen molar-refractivity contribution < 1.29 is 8.42 Å². The molecule has 1 aromatic carbocycles. The molecule has 1 aromatic rings. The van der Waals surface area contributed by atoms with Crippen LogP contribution in [-0.2, 0) is 15.9 Å². The lowest BCUT2D eigenvalue weighted by Crippen LogP contribution is -2.33. The molecule has 108 valence electrons. The first kappa shape index (κ1) is 16.9. The van der Waals surface area contributed by atoms with Crippen molar-refractivity contribution in [1.82, 2.24) is 9.21 Å². The van der Waals surface area contributed by atoms with Crippen molar-refractivity contribution in [1.29, 1.82) is 0 Å². The summed E-state index contributed by atoms with van der Waals surface area (Å²) in [5.74, 6) is 0.357. The number of sulfonamides is 1. The van der Waals surface area contributed by atoms with E-state index in [1.54, 1.807) is 25.2 Å². The lowest BCUT2D eigenvalue weighted by atomic mass is 10.2. The molecule has 0 fully saturated rings. The van der Waals surface area contributed by atoms with Crippen LogP contribution in [0.4, 0.5) is 0 Å². The van der Waals surface area contributed by atoms with Crippen LogP contribution >= 0.6 is 27.5 Å². The lowest BCUT2D eigenvalue weighted by Gasteiger charge is -2.20. The number of hydrogen-bond acceptors (Lipinski definition) is 3. The topological polar surface area (TPSA) is 40.6 Å². The van der Waals surface area contributed by atoms with Crippen molar-refractivity contribution in [2.75, 3.05) is 34.2 Å². The molecule has 0 amide bonds. The van der Waals surface area contributed by atoms with Crippen LogP contribution in [0.25, 0.3) is 0 Å². The zero-order valence-electron chi connectivity index (χ0n) is 11.2. The van der Waals surface area contributed by atoms with Gasteiger partial charge in [0.25, 0.3) is 0 Å². The molecule has 0 N–H and O–H groups in total. The second kappa shape index (κ2) is 7.04. The summed E-state index contributed by atoms with van der Waals surface area (Å²) in [4.78, 5) is 2.21. The Labute approximate surface area is 128 Å². The van der Waals surface area contributed by atoms with Crippen LogP contribution in [0.2, 0.25) is 0 Å². The minimum absolute atomic E-state index is 0.266. The van der Waals surface area contributed by atoms with Gasteiger partial charge in [0.15, 0.2) is 0 Å². The molecule has 0 unspecified atom stereocenters. The van der Waals surface area contributed by atoms with Crippen molar-refractivity contribution in [2.45, 2.75) is 10.8 Å². The highest BCUT2D eigenvalue weighted by Gasteiger charge is 2.23. The summed E-state index contributed by atoms with van der Waals surface area (Å²) in [5.41, 5.74) is 0.878. The van der Waals surface area contributed by atoms with Crippen molar-refractivity contribution in [3.8, 4) is 0 Å². The van der Waals surface area contributed by atoms with E-state index in [0.29, 0.717) is 23.4 Å². The average molecular weight is 370 g/mol. The fourth-order valence-corrected chi connectivity index (χ4v) is 3.87. The molecule has 0 aliphatic heterocycles. The number of benzene rings is 1. The summed E-state index contributed by atoms with van der Waals surface area (Å²) in [7, 11) is 1.93. The van der Waals surface area contributed by atoms with E-state index < -0.39 is 10.0 Å². The number of nitrogens with zero attached hydrogens (tertiary/aromatic N) is 2. The van der Waals surface area contributed by atoms with Gasteiger partial charge >= 0.3 is 0 Å². The van der Waals surface area contributed by atoms with Crippen LogP contribution < -0.4 is 0 Å². The fraction of sp³-hybridized carbons (Fsp3) is 0.500. The largest absolute Gasteiger partial charge is 0.308 e. The Morgan fingerprint density at radius 2 is 1.84 bits per heavy atom. The van der Waals surface area contributed by atoms with Gasteiger partial charge < -0.3 is 4.90 Å². The fourth-order valence-electron chi connectivity index (χ4n) is 1.47. The zero-order chi connectivity index (χ0) is 14.6. The van der Waals surface area contributed by atoms with Crippen LogP contribution in [0.15, 0.2) is 27.6 Å². The third-order valence-electron chi connectivity index (χ3n) is 2.70. The Balaban J connectivity index is 2.99. The first-order valence-corrected chi connectivity index (χ1v) is 8.51. The molecule has 0 aromatic heterocycles. The Morgan fingerprint density at radius 3 is 2.32 bits per heavy atom. The number of rotatable bonds is 6. The first-order chi connectivity index (χ1) is 8.78. The quantitative estimate of drug-likeness (QED) is 0.723. The second-order valence-corrected chi connectivity index (χ2v) is 7.66. The molecule has 4 nitrogen and oxygen atoms in total. The monoisotopic (exact) mass is 368 g/mol. The summed E-state index contributed by atoms with van der Waals surface area (Å²) in [6.07, 6.45) is 0. The van der Waals surface area contributed by atoms with Gasteiger partial charge in [-0.2, -0.15) is 4.31 Å². The maximum Gasteiger partial charge on any atom is 0.243 e. The highest BCUT2D eigenvalue weighted by atomic mass is 79.9. The lowest BCUT2D eigenvalue weighted by molar-refractivity contribution is 0.358. The summed E-state index contributed by atoms with van der Waals surface area (Å²) >= 11 is 9.02. The van der Waals surface area contributed by atoms with Gasteiger partial charge in [-0.15, -0.1) is 11.6 Å². The molecule has 0 atom stereocenters. The van der Waals surface area contributed by atoms with Crippen molar-refractivity contribution in [3.05, 3.63) is 28.2 Å². The van der Waals surface area contributed by atoms with Crippen LogP contribution in [0.3, 0.4) is 0 Å². The third-order valence-corrected chi connectivity index (χ3v) is 5.84. The molecular weight excluding hydrogens is 352 g/mol. The van der Waals surface area contributed by atoms with E-state index in [-0.39, 0.29) is 4.90 Å². The Kier molecular flexibility index (Phi) is 6.26. The third kappa shape index (κ3) is 4.43. The molecule has 0 heterocycles. The molecule has 0 aliphatic carbocycles. The summed E-state index contributed by atoms with van der Waals surface area (Å²) < 4.78 is 26.7. The van der Waals surface area contributed by atoms with Gasteiger partial charge in [0.05, 0.1) is 4.90 Å². The van der Waals surface area contributed by atoms with E-state index >= 15 is 0 Å². The molecule has 19 heavy (non-hydrogen) atoms. The highest BCUT2D eigenvalue weighted by molar-refractivity contribution is 9.10. The van der Waals surface area contributed by atoms with Gasteiger partial charge in [0.2, 0.25) is 10.0 Å². The molecule has 0 aliphatic rings. The van der Waals surface area contributed by atoms with E-state index in [9.17, 15) is 8.42 Å². The normalized spacial score (nSPS) is 12.4. The van der Waals surface area contributed by atoms with Gasteiger partial charge in [0.1, 0.15) is 0 Å². The second-order valence-electron chi connectivity index (χ2n) is 4.53. The van der Waals surface area contributed by atoms with Gasteiger partial charge in [-0.3, -0.25) is 0 Å². The predicted octanol–water partition coefficient (Wildman–Crippen LogP) is 2.37.